The Morgan fingerprint density at radius 2 is 1.90 bits per heavy atom. The Bertz CT molecular complexity index is 370. The van der Waals surface area contributed by atoms with E-state index in [9.17, 15) is 5.11 Å². The summed E-state index contributed by atoms with van der Waals surface area (Å²) in [5.74, 6) is 0. The van der Waals surface area contributed by atoms with Crippen LogP contribution in [-0.4, -0.2) is 44.2 Å². The lowest BCUT2D eigenvalue weighted by atomic mass is 10.0. The van der Waals surface area contributed by atoms with Gasteiger partial charge in [0.2, 0.25) is 0 Å². The Kier molecular flexibility index (Phi) is 8.46. The molecule has 0 radical (unpaired) electrons. The van der Waals surface area contributed by atoms with E-state index in [1.54, 1.807) is 0 Å². The van der Waals surface area contributed by atoms with Gasteiger partial charge in [-0.05, 0) is 31.9 Å². The summed E-state index contributed by atoms with van der Waals surface area (Å²) in [5.41, 5.74) is 2.52. The van der Waals surface area contributed by atoms with Crippen molar-refractivity contribution < 1.29 is 14.6 Å². The van der Waals surface area contributed by atoms with Gasteiger partial charge in [0, 0.05) is 19.2 Å². The lowest BCUT2D eigenvalue weighted by Gasteiger charge is -2.19. The maximum Gasteiger partial charge on any atom is 0.0897 e. The lowest BCUT2D eigenvalue weighted by molar-refractivity contribution is 0.00585. The maximum atomic E-state index is 9.84. The molecule has 1 aromatic carbocycles. The van der Waals surface area contributed by atoms with Crippen molar-refractivity contribution >= 4 is 0 Å². The van der Waals surface area contributed by atoms with Crippen LogP contribution in [0.15, 0.2) is 24.3 Å². The quantitative estimate of drug-likeness (QED) is 0.645. The van der Waals surface area contributed by atoms with Crippen molar-refractivity contribution in [1.82, 2.24) is 5.32 Å². The molecule has 0 aromatic heterocycles. The van der Waals surface area contributed by atoms with E-state index in [0.29, 0.717) is 33.0 Å². The third-order valence-electron chi connectivity index (χ3n) is 3.20. The maximum absolute atomic E-state index is 9.84. The molecule has 2 atom stereocenters. The number of aliphatic hydroxyl groups is 1. The van der Waals surface area contributed by atoms with E-state index in [2.05, 4.69) is 31.3 Å². The number of ether oxygens (including phenoxy) is 2. The Balaban J connectivity index is 2.20. The molecule has 0 aliphatic heterocycles. The van der Waals surface area contributed by atoms with E-state index < -0.39 is 6.10 Å². The van der Waals surface area contributed by atoms with Gasteiger partial charge in [-0.25, -0.2) is 0 Å². The van der Waals surface area contributed by atoms with Crippen LogP contribution in [0.2, 0.25) is 0 Å². The summed E-state index contributed by atoms with van der Waals surface area (Å²) >= 11 is 0. The molecule has 0 bridgehead atoms. The average Bonchev–Trinajstić information content (AvgIpc) is 2.45. The molecule has 0 saturated heterocycles. The summed E-state index contributed by atoms with van der Waals surface area (Å²) < 4.78 is 10.5. The number of rotatable bonds is 10. The fraction of sp³-hybridized carbons (Fsp3) is 0.625. The van der Waals surface area contributed by atoms with E-state index in [1.165, 1.54) is 11.1 Å². The van der Waals surface area contributed by atoms with E-state index in [4.69, 9.17) is 9.47 Å². The SMILES string of the molecule is CCOCCOCC(O)CN[C@@H](C)c1ccccc1C. The van der Waals surface area contributed by atoms with E-state index in [1.807, 2.05) is 19.1 Å². The molecule has 0 spiro atoms. The zero-order valence-corrected chi connectivity index (χ0v) is 12.8. The molecule has 2 N–H and O–H groups in total. The number of hydrogen-bond donors (Lipinski definition) is 2. The van der Waals surface area contributed by atoms with Crippen molar-refractivity contribution in [2.75, 3.05) is 33.0 Å². The fourth-order valence-electron chi connectivity index (χ4n) is 2.04. The molecule has 4 nitrogen and oxygen atoms in total. The average molecular weight is 281 g/mol. The summed E-state index contributed by atoms with van der Waals surface area (Å²) in [5, 5.41) is 13.2. The Morgan fingerprint density at radius 1 is 1.20 bits per heavy atom. The topological polar surface area (TPSA) is 50.7 Å². The molecule has 0 heterocycles. The van der Waals surface area contributed by atoms with Gasteiger partial charge in [-0.15, -0.1) is 0 Å². The van der Waals surface area contributed by atoms with Crippen LogP contribution < -0.4 is 5.32 Å². The predicted octanol–water partition coefficient (Wildman–Crippen LogP) is 2.06. The van der Waals surface area contributed by atoms with Gasteiger partial charge in [0.25, 0.3) is 0 Å². The van der Waals surface area contributed by atoms with Gasteiger partial charge in [0.15, 0.2) is 0 Å². The number of nitrogens with one attached hydrogen (secondary N) is 1. The van der Waals surface area contributed by atoms with Crippen molar-refractivity contribution in [3.05, 3.63) is 35.4 Å². The zero-order chi connectivity index (χ0) is 14.8. The van der Waals surface area contributed by atoms with E-state index in [-0.39, 0.29) is 6.04 Å². The first kappa shape index (κ1) is 17.1. The van der Waals surface area contributed by atoms with Crippen LogP contribution in [0.4, 0.5) is 0 Å². The minimum Gasteiger partial charge on any atom is -0.389 e. The molecule has 4 heteroatoms. The molecule has 114 valence electrons. The van der Waals surface area contributed by atoms with E-state index in [0.717, 1.165) is 0 Å². The highest BCUT2D eigenvalue weighted by molar-refractivity contribution is 5.28. The minimum absolute atomic E-state index is 0.217. The summed E-state index contributed by atoms with van der Waals surface area (Å²) in [6.07, 6.45) is -0.497. The van der Waals surface area contributed by atoms with Crippen molar-refractivity contribution in [2.45, 2.75) is 32.9 Å². The molecule has 1 unspecified atom stereocenters. The molecule has 0 aliphatic carbocycles. The smallest absolute Gasteiger partial charge is 0.0897 e. The molecule has 0 amide bonds. The van der Waals surface area contributed by atoms with Gasteiger partial charge in [0.05, 0.1) is 25.9 Å². The minimum atomic E-state index is -0.497. The first-order chi connectivity index (χ1) is 9.65. The summed E-state index contributed by atoms with van der Waals surface area (Å²) in [6, 6.07) is 8.49. The normalized spacial score (nSPS) is 14.2. The zero-order valence-electron chi connectivity index (χ0n) is 12.8. The molecular formula is C16H27NO3. The third-order valence-corrected chi connectivity index (χ3v) is 3.20. The van der Waals surface area contributed by atoms with Crippen LogP contribution in [0.5, 0.6) is 0 Å². The molecule has 20 heavy (non-hydrogen) atoms. The summed E-state index contributed by atoms with van der Waals surface area (Å²) in [4.78, 5) is 0. The number of aryl methyl sites for hydroxylation is 1. The number of benzene rings is 1. The Morgan fingerprint density at radius 3 is 2.60 bits per heavy atom. The first-order valence-corrected chi connectivity index (χ1v) is 7.27. The van der Waals surface area contributed by atoms with Gasteiger partial charge in [-0.2, -0.15) is 0 Å². The highest BCUT2D eigenvalue weighted by Gasteiger charge is 2.10. The van der Waals surface area contributed by atoms with Crippen LogP contribution >= 0.6 is 0 Å². The first-order valence-electron chi connectivity index (χ1n) is 7.27. The molecule has 1 rings (SSSR count). The van der Waals surface area contributed by atoms with Gasteiger partial charge in [-0.1, -0.05) is 24.3 Å². The standard InChI is InChI=1S/C16H27NO3/c1-4-19-9-10-20-12-15(18)11-17-14(3)16-8-6-5-7-13(16)2/h5-8,14-15,17-18H,4,9-12H2,1-3H3/t14-,15?/m0/s1. The monoisotopic (exact) mass is 281 g/mol. The van der Waals surface area contributed by atoms with Crippen molar-refractivity contribution in [1.29, 1.82) is 0 Å². The van der Waals surface area contributed by atoms with Gasteiger partial charge in [0.1, 0.15) is 0 Å². The van der Waals surface area contributed by atoms with Crippen LogP contribution in [0.1, 0.15) is 31.0 Å². The molecule has 0 fully saturated rings. The Hall–Kier alpha value is -0.940. The van der Waals surface area contributed by atoms with Gasteiger partial charge in [-0.3, -0.25) is 0 Å². The second kappa shape index (κ2) is 9.88. The fourth-order valence-corrected chi connectivity index (χ4v) is 2.04. The van der Waals surface area contributed by atoms with Crippen molar-refractivity contribution in [3.63, 3.8) is 0 Å². The summed E-state index contributed by atoms with van der Waals surface area (Å²) in [7, 11) is 0. The number of hydrogen-bond acceptors (Lipinski definition) is 4. The second-order valence-corrected chi connectivity index (χ2v) is 4.91. The van der Waals surface area contributed by atoms with Gasteiger partial charge >= 0.3 is 0 Å². The van der Waals surface area contributed by atoms with Crippen LogP contribution in [0.25, 0.3) is 0 Å². The molecular weight excluding hydrogens is 254 g/mol. The second-order valence-electron chi connectivity index (χ2n) is 4.91. The highest BCUT2D eigenvalue weighted by Crippen LogP contribution is 2.16. The molecule has 0 aliphatic rings. The predicted molar refractivity (Wildman–Crippen MR) is 80.9 cm³/mol. The van der Waals surface area contributed by atoms with E-state index >= 15 is 0 Å². The van der Waals surface area contributed by atoms with Gasteiger partial charge < -0.3 is 19.9 Å². The van der Waals surface area contributed by atoms with Crippen LogP contribution in [0, 0.1) is 6.92 Å². The van der Waals surface area contributed by atoms with Crippen LogP contribution in [0.3, 0.4) is 0 Å². The molecule has 1 aromatic rings. The van der Waals surface area contributed by atoms with Crippen molar-refractivity contribution in [3.8, 4) is 0 Å². The number of aliphatic hydroxyl groups excluding tert-OH is 1. The Labute approximate surface area is 122 Å². The third kappa shape index (κ3) is 6.48. The molecule has 0 saturated carbocycles. The largest absolute Gasteiger partial charge is 0.389 e. The van der Waals surface area contributed by atoms with Crippen molar-refractivity contribution in [2.24, 2.45) is 0 Å². The van der Waals surface area contributed by atoms with Crippen LogP contribution in [-0.2, 0) is 9.47 Å². The summed E-state index contributed by atoms with van der Waals surface area (Å²) in [6.45, 7) is 8.80. The highest BCUT2D eigenvalue weighted by atomic mass is 16.5. The lowest BCUT2D eigenvalue weighted by Crippen LogP contribution is -2.32.